The predicted molar refractivity (Wildman–Crippen MR) is 91.5 cm³/mol. The molecule has 2 heterocycles. The molecular formula is C17H13BrN4O. The van der Waals surface area contributed by atoms with Gasteiger partial charge in [0.2, 0.25) is 0 Å². The van der Waals surface area contributed by atoms with E-state index in [2.05, 4.69) is 32.3 Å². The molecule has 0 bridgehead atoms. The van der Waals surface area contributed by atoms with Gasteiger partial charge in [-0.05, 0) is 53.5 Å². The zero-order valence-corrected chi connectivity index (χ0v) is 14.2. The normalized spacial score (nSPS) is 10.5. The van der Waals surface area contributed by atoms with Gasteiger partial charge >= 0.3 is 0 Å². The van der Waals surface area contributed by atoms with E-state index in [1.54, 1.807) is 35.6 Å². The van der Waals surface area contributed by atoms with E-state index in [0.717, 1.165) is 10.0 Å². The van der Waals surface area contributed by atoms with Gasteiger partial charge in [-0.3, -0.25) is 9.20 Å². The van der Waals surface area contributed by atoms with Crippen LogP contribution in [0, 0.1) is 25.2 Å². The first kappa shape index (κ1) is 15.3. The highest BCUT2D eigenvalue weighted by atomic mass is 79.9. The number of nitrogens with one attached hydrogen (secondary N) is 1. The summed E-state index contributed by atoms with van der Waals surface area (Å²) in [6, 6.07) is 10.9. The van der Waals surface area contributed by atoms with E-state index < -0.39 is 0 Å². The largest absolute Gasteiger partial charge is 0.319 e. The molecule has 0 aliphatic rings. The van der Waals surface area contributed by atoms with Crippen LogP contribution in [0.15, 0.2) is 41.0 Å². The van der Waals surface area contributed by atoms with E-state index in [4.69, 9.17) is 5.26 Å². The van der Waals surface area contributed by atoms with Crippen molar-refractivity contribution in [3.8, 4) is 6.07 Å². The molecule has 0 spiro atoms. The minimum absolute atomic E-state index is 0.296. The van der Waals surface area contributed by atoms with E-state index in [-0.39, 0.29) is 5.91 Å². The van der Waals surface area contributed by atoms with Gasteiger partial charge in [0.05, 0.1) is 21.4 Å². The lowest BCUT2D eigenvalue weighted by Crippen LogP contribution is -2.16. The van der Waals surface area contributed by atoms with E-state index in [0.29, 0.717) is 28.3 Å². The third-order valence-corrected chi connectivity index (χ3v) is 4.08. The Hall–Kier alpha value is -2.65. The van der Waals surface area contributed by atoms with Gasteiger partial charge in [-0.1, -0.05) is 12.1 Å². The number of aromatic nitrogens is 2. The summed E-state index contributed by atoms with van der Waals surface area (Å²) in [4.78, 5) is 17.2. The summed E-state index contributed by atoms with van der Waals surface area (Å²) in [5, 5.41) is 11.9. The van der Waals surface area contributed by atoms with E-state index in [1.165, 1.54) is 0 Å². The summed E-state index contributed by atoms with van der Waals surface area (Å²) in [7, 11) is 0. The summed E-state index contributed by atoms with van der Waals surface area (Å²) in [5.41, 5.74) is 3.69. The molecule has 0 saturated carbocycles. The molecule has 114 valence electrons. The highest BCUT2D eigenvalue weighted by Crippen LogP contribution is 2.23. The fraction of sp³-hybridized carbons (Fsp3) is 0.118. The van der Waals surface area contributed by atoms with Gasteiger partial charge in [0.15, 0.2) is 5.65 Å². The van der Waals surface area contributed by atoms with Crippen molar-refractivity contribution in [3.63, 3.8) is 0 Å². The highest BCUT2D eigenvalue weighted by Gasteiger charge is 2.19. The van der Waals surface area contributed by atoms with Crippen LogP contribution in [0.25, 0.3) is 5.65 Å². The standard InChI is InChI=1S/C17H13BrN4O/c1-10-7-13(18)16-20-11(2)15(22(16)9-10)17(23)21-14-6-4-3-5-12(14)8-19/h3-7,9H,1-2H3,(H,21,23). The fourth-order valence-electron chi connectivity index (χ4n) is 2.49. The van der Waals surface area contributed by atoms with Gasteiger partial charge in [0.25, 0.3) is 5.91 Å². The lowest BCUT2D eigenvalue weighted by Gasteiger charge is -2.08. The Morgan fingerprint density at radius 1 is 1.35 bits per heavy atom. The van der Waals surface area contributed by atoms with Crippen molar-refractivity contribution in [1.82, 2.24) is 9.38 Å². The van der Waals surface area contributed by atoms with E-state index >= 15 is 0 Å². The Morgan fingerprint density at radius 3 is 2.83 bits per heavy atom. The van der Waals surface area contributed by atoms with Crippen LogP contribution >= 0.6 is 15.9 Å². The summed E-state index contributed by atoms with van der Waals surface area (Å²) in [6.07, 6.45) is 1.87. The summed E-state index contributed by atoms with van der Waals surface area (Å²) < 4.78 is 2.59. The molecule has 0 unspecified atom stereocenters. The number of nitrogens with zero attached hydrogens (tertiary/aromatic N) is 3. The van der Waals surface area contributed by atoms with Crippen LogP contribution in [-0.2, 0) is 0 Å². The van der Waals surface area contributed by atoms with Gasteiger partial charge in [-0.2, -0.15) is 5.26 Å². The van der Waals surface area contributed by atoms with Crippen molar-refractivity contribution in [1.29, 1.82) is 5.26 Å². The van der Waals surface area contributed by atoms with E-state index in [9.17, 15) is 4.79 Å². The van der Waals surface area contributed by atoms with Crippen LogP contribution < -0.4 is 5.32 Å². The van der Waals surface area contributed by atoms with Gasteiger partial charge in [-0.25, -0.2) is 4.98 Å². The van der Waals surface area contributed by atoms with Crippen molar-refractivity contribution in [2.45, 2.75) is 13.8 Å². The molecule has 0 atom stereocenters. The summed E-state index contributed by atoms with van der Waals surface area (Å²) in [6.45, 7) is 3.74. The number of aryl methyl sites for hydroxylation is 2. The van der Waals surface area contributed by atoms with Crippen molar-refractivity contribution >= 4 is 33.2 Å². The number of halogens is 1. The fourth-order valence-corrected chi connectivity index (χ4v) is 3.13. The van der Waals surface area contributed by atoms with Crippen LogP contribution in [0.2, 0.25) is 0 Å². The summed E-state index contributed by atoms with van der Waals surface area (Å²) >= 11 is 3.48. The van der Waals surface area contributed by atoms with Crippen molar-refractivity contribution in [2.24, 2.45) is 0 Å². The van der Waals surface area contributed by atoms with Crippen LogP contribution in [0.1, 0.15) is 27.3 Å². The maximum atomic E-state index is 12.7. The number of pyridine rings is 1. The van der Waals surface area contributed by atoms with Gasteiger partial charge in [0.1, 0.15) is 11.8 Å². The molecule has 0 radical (unpaired) electrons. The predicted octanol–water partition coefficient (Wildman–Crippen LogP) is 3.84. The molecule has 1 N–H and O–H groups in total. The SMILES string of the molecule is Cc1cc(Br)c2nc(C)c(C(=O)Nc3ccccc3C#N)n2c1. The van der Waals surface area contributed by atoms with Crippen molar-refractivity contribution in [3.05, 3.63) is 63.5 Å². The lowest BCUT2D eigenvalue weighted by molar-refractivity contribution is 0.102. The molecule has 0 saturated heterocycles. The number of para-hydroxylation sites is 1. The van der Waals surface area contributed by atoms with Crippen LogP contribution in [0.4, 0.5) is 5.69 Å². The molecule has 2 aromatic heterocycles. The number of hydrogen-bond acceptors (Lipinski definition) is 3. The minimum Gasteiger partial charge on any atom is -0.319 e. The second kappa shape index (κ2) is 5.86. The maximum Gasteiger partial charge on any atom is 0.274 e. The topological polar surface area (TPSA) is 70.2 Å². The number of anilines is 1. The smallest absolute Gasteiger partial charge is 0.274 e. The zero-order chi connectivity index (χ0) is 16.6. The summed E-state index contributed by atoms with van der Waals surface area (Å²) in [5.74, 6) is -0.296. The second-order valence-electron chi connectivity index (χ2n) is 5.22. The third kappa shape index (κ3) is 2.71. The van der Waals surface area contributed by atoms with Crippen molar-refractivity contribution in [2.75, 3.05) is 5.32 Å². The highest BCUT2D eigenvalue weighted by molar-refractivity contribution is 9.10. The molecule has 3 aromatic rings. The van der Waals surface area contributed by atoms with Crippen LogP contribution in [-0.4, -0.2) is 15.3 Å². The average Bonchev–Trinajstić information content (AvgIpc) is 2.84. The number of carbonyl (C=O) groups is 1. The molecule has 3 rings (SSSR count). The average molecular weight is 369 g/mol. The number of rotatable bonds is 2. The van der Waals surface area contributed by atoms with Gasteiger partial charge in [0, 0.05) is 6.20 Å². The number of imidazole rings is 1. The van der Waals surface area contributed by atoms with Crippen LogP contribution in [0.5, 0.6) is 0 Å². The first-order valence-electron chi connectivity index (χ1n) is 6.96. The van der Waals surface area contributed by atoms with Crippen molar-refractivity contribution < 1.29 is 4.79 Å². The minimum atomic E-state index is -0.296. The first-order valence-corrected chi connectivity index (χ1v) is 7.76. The second-order valence-corrected chi connectivity index (χ2v) is 6.07. The molecular weight excluding hydrogens is 356 g/mol. The molecule has 5 nitrogen and oxygen atoms in total. The number of nitriles is 1. The van der Waals surface area contributed by atoms with Gasteiger partial charge < -0.3 is 5.32 Å². The Kier molecular flexibility index (Phi) is 3.89. The number of fused-ring (bicyclic) bond motifs is 1. The molecule has 1 aromatic carbocycles. The maximum absolute atomic E-state index is 12.7. The van der Waals surface area contributed by atoms with Crippen LogP contribution in [0.3, 0.4) is 0 Å². The third-order valence-electron chi connectivity index (χ3n) is 3.50. The number of carbonyl (C=O) groups excluding carboxylic acids is 1. The van der Waals surface area contributed by atoms with Gasteiger partial charge in [-0.15, -0.1) is 0 Å². The van der Waals surface area contributed by atoms with E-state index in [1.807, 2.05) is 19.2 Å². The zero-order valence-electron chi connectivity index (χ0n) is 12.6. The molecule has 1 amide bonds. The monoisotopic (exact) mass is 368 g/mol. The number of amides is 1. The molecule has 0 fully saturated rings. The number of benzene rings is 1. The Balaban J connectivity index is 2.08. The Morgan fingerprint density at radius 2 is 2.09 bits per heavy atom. The molecule has 23 heavy (non-hydrogen) atoms. The Labute approximate surface area is 141 Å². The lowest BCUT2D eigenvalue weighted by atomic mass is 10.2. The molecule has 6 heteroatoms. The first-order chi connectivity index (χ1) is 11.0. The quantitative estimate of drug-likeness (QED) is 0.746. The molecule has 0 aliphatic carbocycles. The molecule has 0 aliphatic heterocycles. The number of hydrogen-bond donors (Lipinski definition) is 1. The Bertz CT molecular complexity index is 969.